The number of rotatable bonds is 5. The van der Waals surface area contributed by atoms with Gasteiger partial charge in [0.2, 0.25) is 0 Å². The van der Waals surface area contributed by atoms with Gasteiger partial charge in [-0.3, -0.25) is 0 Å². The number of carbonyl (C=O) groups excluding carboxylic acids is 1. The van der Waals surface area contributed by atoms with Crippen molar-refractivity contribution >= 4 is 5.97 Å². The number of ether oxygens (including phenoxy) is 1. The predicted molar refractivity (Wildman–Crippen MR) is 33.2 cm³/mol. The fourth-order valence-corrected chi connectivity index (χ4v) is 0.876. The molecule has 58 valence electrons. The molecule has 0 aromatic carbocycles. The molecule has 0 amide bonds. The van der Waals surface area contributed by atoms with Crippen LogP contribution in [-0.2, 0) is 9.53 Å². The van der Waals surface area contributed by atoms with E-state index >= 15 is 0 Å². The van der Waals surface area contributed by atoms with Crippen molar-refractivity contribution in [2.24, 2.45) is 0 Å². The molecule has 0 aliphatic carbocycles. The third-order valence-electron chi connectivity index (χ3n) is 1.56. The Labute approximate surface area is 60.0 Å². The van der Waals surface area contributed by atoms with E-state index in [0.29, 0.717) is 6.10 Å². The van der Waals surface area contributed by atoms with Crippen LogP contribution in [0.2, 0.25) is 0 Å². The summed E-state index contributed by atoms with van der Waals surface area (Å²) in [4.78, 5) is 9.92. The quantitative estimate of drug-likeness (QED) is 0.392. The van der Waals surface area contributed by atoms with Gasteiger partial charge >= 0.3 is 0 Å². The van der Waals surface area contributed by atoms with Crippen molar-refractivity contribution < 1.29 is 14.6 Å². The lowest BCUT2D eigenvalue weighted by molar-refractivity contribution is -0.305. The van der Waals surface area contributed by atoms with Crippen molar-refractivity contribution in [3.8, 4) is 0 Å². The van der Waals surface area contributed by atoms with E-state index in [0.717, 1.165) is 25.9 Å². The smallest absolute Gasteiger partial charge is 0.0810 e. The van der Waals surface area contributed by atoms with Crippen molar-refractivity contribution in [1.29, 1.82) is 0 Å². The van der Waals surface area contributed by atoms with Crippen LogP contribution in [0.15, 0.2) is 0 Å². The highest BCUT2D eigenvalue weighted by molar-refractivity contribution is 5.63. The highest BCUT2D eigenvalue weighted by Crippen LogP contribution is 2.16. The molecule has 1 rings (SSSR count). The number of unbranched alkanes of at least 4 members (excludes halogenated alkanes) is 1. The Kier molecular flexibility index (Phi) is 2.68. The summed E-state index contributed by atoms with van der Waals surface area (Å²) in [5.74, 6) is -0.947. The third kappa shape index (κ3) is 3.45. The van der Waals surface area contributed by atoms with E-state index in [1.165, 1.54) is 0 Å². The first-order chi connectivity index (χ1) is 4.79. The molecule has 0 aromatic heterocycles. The lowest BCUT2D eigenvalue weighted by Gasteiger charge is -1.99. The number of hydrogen-bond donors (Lipinski definition) is 0. The molecule has 10 heavy (non-hydrogen) atoms. The Morgan fingerprint density at radius 3 is 2.80 bits per heavy atom. The van der Waals surface area contributed by atoms with E-state index in [-0.39, 0.29) is 6.42 Å². The zero-order chi connectivity index (χ0) is 7.40. The van der Waals surface area contributed by atoms with Gasteiger partial charge in [-0.1, -0.05) is 6.42 Å². The Balaban J connectivity index is 1.80. The van der Waals surface area contributed by atoms with E-state index in [9.17, 15) is 9.90 Å². The number of carbonyl (C=O) groups is 1. The average Bonchev–Trinajstić information content (AvgIpc) is 2.62. The molecular weight excluding hydrogens is 132 g/mol. The van der Waals surface area contributed by atoms with Crippen LogP contribution in [-0.4, -0.2) is 18.7 Å². The van der Waals surface area contributed by atoms with Gasteiger partial charge in [-0.15, -0.1) is 0 Å². The first-order valence-electron chi connectivity index (χ1n) is 3.60. The van der Waals surface area contributed by atoms with Gasteiger partial charge in [0.25, 0.3) is 0 Å². The molecular formula is C7H11O3-. The van der Waals surface area contributed by atoms with Gasteiger partial charge in [-0.05, 0) is 19.3 Å². The van der Waals surface area contributed by atoms with Crippen molar-refractivity contribution in [2.45, 2.75) is 31.8 Å². The summed E-state index contributed by atoms with van der Waals surface area (Å²) >= 11 is 0. The van der Waals surface area contributed by atoms with Crippen molar-refractivity contribution in [1.82, 2.24) is 0 Å². The standard InChI is InChI=1S/C7H12O3/c8-7(9)4-2-1-3-6-5-10-6/h6H,1-5H2,(H,8,9)/p-1. The molecule has 0 bridgehead atoms. The van der Waals surface area contributed by atoms with Crippen LogP contribution < -0.4 is 5.11 Å². The molecule has 1 unspecified atom stereocenters. The van der Waals surface area contributed by atoms with Crippen LogP contribution in [0.5, 0.6) is 0 Å². The molecule has 1 fully saturated rings. The summed E-state index contributed by atoms with van der Waals surface area (Å²) in [6, 6.07) is 0. The lowest BCUT2D eigenvalue weighted by atomic mass is 10.1. The zero-order valence-corrected chi connectivity index (χ0v) is 5.84. The van der Waals surface area contributed by atoms with Crippen molar-refractivity contribution in [3.05, 3.63) is 0 Å². The summed E-state index contributed by atoms with van der Waals surface area (Å²) in [5.41, 5.74) is 0. The Morgan fingerprint density at radius 1 is 1.60 bits per heavy atom. The maximum Gasteiger partial charge on any atom is 0.0810 e. The summed E-state index contributed by atoms with van der Waals surface area (Å²) in [5, 5.41) is 9.92. The van der Waals surface area contributed by atoms with Crippen LogP contribution in [0.25, 0.3) is 0 Å². The van der Waals surface area contributed by atoms with Gasteiger partial charge in [-0.25, -0.2) is 0 Å². The highest BCUT2D eigenvalue weighted by atomic mass is 16.6. The fraction of sp³-hybridized carbons (Fsp3) is 0.857. The SMILES string of the molecule is O=C([O-])CCCCC1CO1. The van der Waals surface area contributed by atoms with Gasteiger partial charge < -0.3 is 14.6 Å². The fourth-order valence-electron chi connectivity index (χ4n) is 0.876. The monoisotopic (exact) mass is 143 g/mol. The number of hydrogen-bond acceptors (Lipinski definition) is 3. The Morgan fingerprint density at radius 2 is 2.30 bits per heavy atom. The van der Waals surface area contributed by atoms with E-state index in [1.807, 2.05) is 0 Å². The number of aliphatic carboxylic acids is 1. The van der Waals surface area contributed by atoms with Crippen molar-refractivity contribution in [3.63, 3.8) is 0 Å². The van der Waals surface area contributed by atoms with Crippen LogP contribution in [0.1, 0.15) is 25.7 Å². The van der Waals surface area contributed by atoms with Gasteiger partial charge in [0.05, 0.1) is 12.7 Å². The van der Waals surface area contributed by atoms with Crippen LogP contribution in [0.3, 0.4) is 0 Å². The summed E-state index contributed by atoms with van der Waals surface area (Å²) < 4.78 is 4.95. The van der Waals surface area contributed by atoms with Crippen LogP contribution >= 0.6 is 0 Å². The first kappa shape index (κ1) is 7.54. The topological polar surface area (TPSA) is 52.7 Å². The van der Waals surface area contributed by atoms with Crippen LogP contribution in [0, 0.1) is 0 Å². The molecule has 0 spiro atoms. The first-order valence-corrected chi connectivity index (χ1v) is 3.60. The molecule has 3 heteroatoms. The molecule has 1 aliphatic heterocycles. The molecule has 0 aromatic rings. The van der Waals surface area contributed by atoms with E-state index in [4.69, 9.17) is 4.74 Å². The predicted octanol–water partition coefficient (Wildman–Crippen LogP) is -0.305. The Hall–Kier alpha value is -0.570. The second-order valence-corrected chi connectivity index (χ2v) is 2.57. The third-order valence-corrected chi connectivity index (χ3v) is 1.56. The highest BCUT2D eigenvalue weighted by Gasteiger charge is 2.20. The number of carboxylic acid groups (broad SMARTS) is 1. The Bertz CT molecular complexity index is 118. The minimum atomic E-state index is -0.947. The molecule has 0 N–H and O–H groups in total. The zero-order valence-electron chi connectivity index (χ0n) is 5.84. The minimum absolute atomic E-state index is 0.187. The normalized spacial score (nSPS) is 22.6. The molecule has 1 aliphatic rings. The van der Waals surface area contributed by atoms with Gasteiger partial charge in [0.1, 0.15) is 0 Å². The second kappa shape index (κ2) is 3.56. The second-order valence-electron chi connectivity index (χ2n) is 2.57. The van der Waals surface area contributed by atoms with E-state index in [2.05, 4.69) is 0 Å². The summed E-state index contributed by atoms with van der Waals surface area (Å²) in [7, 11) is 0. The molecule has 1 atom stereocenters. The number of epoxide rings is 1. The molecule has 0 radical (unpaired) electrons. The summed E-state index contributed by atoms with van der Waals surface area (Å²) in [6.45, 7) is 0.866. The van der Waals surface area contributed by atoms with Gasteiger partial charge in [0.15, 0.2) is 0 Å². The van der Waals surface area contributed by atoms with Crippen molar-refractivity contribution in [2.75, 3.05) is 6.61 Å². The molecule has 0 saturated carbocycles. The molecule has 1 heterocycles. The van der Waals surface area contributed by atoms with E-state index < -0.39 is 5.97 Å². The molecule has 1 saturated heterocycles. The minimum Gasteiger partial charge on any atom is -0.550 e. The van der Waals surface area contributed by atoms with E-state index in [1.54, 1.807) is 0 Å². The molecule has 3 nitrogen and oxygen atoms in total. The van der Waals surface area contributed by atoms with Crippen LogP contribution in [0.4, 0.5) is 0 Å². The number of carboxylic acids is 1. The lowest BCUT2D eigenvalue weighted by Crippen LogP contribution is -2.21. The summed E-state index contributed by atoms with van der Waals surface area (Å²) in [6.07, 6.45) is 3.29. The largest absolute Gasteiger partial charge is 0.550 e. The maximum atomic E-state index is 9.92. The maximum absolute atomic E-state index is 9.92. The van der Waals surface area contributed by atoms with Gasteiger partial charge in [-0.2, -0.15) is 0 Å². The van der Waals surface area contributed by atoms with Gasteiger partial charge in [0, 0.05) is 5.97 Å². The average molecular weight is 143 g/mol.